The summed E-state index contributed by atoms with van der Waals surface area (Å²) in [5.41, 5.74) is 0.902. The molecule has 0 saturated heterocycles. The second kappa shape index (κ2) is 6.78. The van der Waals surface area contributed by atoms with Gasteiger partial charge in [0.15, 0.2) is 5.76 Å². The molecule has 0 radical (unpaired) electrons. The average Bonchev–Trinajstić information content (AvgIpc) is 2.94. The molecule has 0 saturated carbocycles. The molecule has 2 rings (SSSR count). The van der Waals surface area contributed by atoms with Gasteiger partial charge in [-0.15, -0.1) is 0 Å². The molecule has 0 N–H and O–H groups in total. The number of amides is 1. The smallest absolute Gasteiger partial charge is 0.289 e. The molecule has 1 unspecified atom stereocenters. The largest absolute Gasteiger partial charge is 0.453 e. The Kier molecular flexibility index (Phi) is 5.04. The van der Waals surface area contributed by atoms with Crippen molar-refractivity contribution in [3.63, 3.8) is 0 Å². The van der Waals surface area contributed by atoms with Gasteiger partial charge in [0.05, 0.1) is 6.04 Å². The van der Waals surface area contributed by atoms with E-state index in [4.69, 9.17) is 20.8 Å². The number of halogens is 1. The minimum atomic E-state index is -0.190. The van der Waals surface area contributed by atoms with E-state index < -0.39 is 0 Å². The molecular formula is C16H18ClNO3. The highest BCUT2D eigenvalue weighted by atomic mass is 35.5. The molecule has 0 bridgehead atoms. The second-order valence-electron chi connectivity index (χ2n) is 4.81. The normalized spacial score (nSPS) is 12.2. The van der Waals surface area contributed by atoms with Gasteiger partial charge in [0.1, 0.15) is 12.4 Å². The molecule has 0 aliphatic rings. The Morgan fingerprint density at radius 1 is 1.33 bits per heavy atom. The third-order valence-electron chi connectivity index (χ3n) is 3.42. The molecule has 1 aromatic carbocycles. The van der Waals surface area contributed by atoms with Gasteiger partial charge in [-0.1, -0.05) is 29.8 Å². The van der Waals surface area contributed by atoms with Gasteiger partial charge in [0.25, 0.3) is 5.91 Å². The maximum absolute atomic E-state index is 12.4. The number of ether oxygens (including phenoxy) is 1. The summed E-state index contributed by atoms with van der Waals surface area (Å²) in [6.07, 6.45) is 0. The molecule has 0 fully saturated rings. The zero-order valence-corrected chi connectivity index (χ0v) is 13.1. The first-order valence-electron chi connectivity index (χ1n) is 6.63. The number of hydrogen-bond acceptors (Lipinski definition) is 3. The molecule has 1 amide bonds. The predicted molar refractivity (Wildman–Crippen MR) is 81.4 cm³/mol. The Labute approximate surface area is 129 Å². The molecule has 4 nitrogen and oxygen atoms in total. The SMILES string of the molecule is COCc1ccc(C(=O)N(C)C(C)c2ccccc2Cl)o1. The molecule has 112 valence electrons. The van der Waals surface area contributed by atoms with Gasteiger partial charge in [-0.05, 0) is 30.7 Å². The van der Waals surface area contributed by atoms with Gasteiger partial charge >= 0.3 is 0 Å². The van der Waals surface area contributed by atoms with Crippen LogP contribution < -0.4 is 0 Å². The van der Waals surface area contributed by atoms with Crippen molar-refractivity contribution < 1.29 is 13.9 Å². The minimum absolute atomic E-state index is 0.151. The summed E-state index contributed by atoms with van der Waals surface area (Å²) < 4.78 is 10.5. The zero-order valence-electron chi connectivity index (χ0n) is 12.3. The van der Waals surface area contributed by atoms with Crippen molar-refractivity contribution in [3.05, 3.63) is 58.5 Å². The van der Waals surface area contributed by atoms with Crippen molar-refractivity contribution in [2.45, 2.75) is 19.6 Å². The van der Waals surface area contributed by atoms with Crippen LogP contribution in [0.4, 0.5) is 0 Å². The van der Waals surface area contributed by atoms with E-state index in [-0.39, 0.29) is 11.9 Å². The first-order chi connectivity index (χ1) is 10.0. The Morgan fingerprint density at radius 2 is 2.05 bits per heavy atom. The highest BCUT2D eigenvalue weighted by Gasteiger charge is 2.22. The van der Waals surface area contributed by atoms with Gasteiger partial charge in [-0.2, -0.15) is 0 Å². The number of carbonyl (C=O) groups is 1. The van der Waals surface area contributed by atoms with Crippen LogP contribution in [-0.4, -0.2) is 25.0 Å². The molecule has 1 aromatic heterocycles. The first-order valence-corrected chi connectivity index (χ1v) is 7.01. The van der Waals surface area contributed by atoms with Crippen LogP contribution in [0.5, 0.6) is 0 Å². The number of nitrogens with zero attached hydrogens (tertiary/aromatic N) is 1. The molecule has 0 aliphatic carbocycles. The maximum Gasteiger partial charge on any atom is 0.289 e. The Balaban J connectivity index is 2.16. The Hall–Kier alpha value is -1.78. The standard InChI is InChI=1S/C16H18ClNO3/c1-11(13-6-4-5-7-14(13)17)18(2)16(19)15-9-8-12(21-15)10-20-3/h4-9,11H,10H2,1-3H3. The summed E-state index contributed by atoms with van der Waals surface area (Å²) in [5, 5.41) is 0.643. The number of carbonyl (C=O) groups excluding carboxylic acids is 1. The molecule has 1 heterocycles. The number of benzene rings is 1. The molecule has 0 spiro atoms. The lowest BCUT2D eigenvalue weighted by atomic mass is 10.1. The molecule has 21 heavy (non-hydrogen) atoms. The van der Waals surface area contributed by atoms with E-state index in [9.17, 15) is 4.79 Å². The van der Waals surface area contributed by atoms with Crippen LogP contribution in [0.1, 0.15) is 34.8 Å². The van der Waals surface area contributed by atoms with Gasteiger partial charge in [-0.25, -0.2) is 0 Å². The average molecular weight is 308 g/mol. The van der Waals surface area contributed by atoms with E-state index in [1.54, 1.807) is 31.2 Å². The van der Waals surface area contributed by atoms with Crippen molar-refractivity contribution in [1.82, 2.24) is 4.90 Å². The topological polar surface area (TPSA) is 42.7 Å². The van der Waals surface area contributed by atoms with Crippen LogP contribution in [0.2, 0.25) is 5.02 Å². The Bertz CT molecular complexity index is 623. The summed E-state index contributed by atoms with van der Waals surface area (Å²) in [4.78, 5) is 14.0. The van der Waals surface area contributed by atoms with Crippen molar-refractivity contribution in [3.8, 4) is 0 Å². The van der Waals surface area contributed by atoms with Crippen LogP contribution in [0.15, 0.2) is 40.8 Å². The summed E-state index contributed by atoms with van der Waals surface area (Å²) in [6.45, 7) is 2.27. The predicted octanol–water partition coefficient (Wildman–Crippen LogP) is 3.91. The van der Waals surface area contributed by atoms with Gasteiger partial charge < -0.3 is 14.1 Å². The molecule has 0 aliphatic heterocycles. The van der Waals surface area contributed by atoms with Crippen molar-refractivity contribution in [2.24, 2.45) is 0 Å². The number of rotatable bonds is 5. The zero-order chi connectivity index (χ0) is 15.4. The van der Waals surface area contributed by atoms with Crippen molar-refractivity contribution >= 4 is 17.5 Å². The van der Waals surface area contributed by atoms with Crippen molar-refractivity contribution in [2.75, 3.05) is 14.2 Å². The quantitative estimate of drug-likeness (QED) is 0.841. The number of methoxy groups -OCH3 is 1. The van der Waals surface area contributed by atoms with Crippen LogP contribution in [0.25, 0.3) is 0 Å². The van der Waals surface area contributed by atoms with Gasteiger partial charge in [0, 0.05) is 19.2 Å². The maximum atomic E-state index is 12.4. The summed E-state index contributed by atoms with van der Waals surface area (Å²) >= 11 is 6.18. The van der Waals surface area contributed by atoms with E-state index in [0.717, 1.165) is 5.56 Å². The van der Waals surface area contributed by atoms with E-state index in [2.05, 4.69) is 0 Å². The fraction of sp³-hybridized carbons (Fsp3) is 0.312. The third-order valence-corrected chi connectivity index (χ3v) is 3.76. The van der Waals surface area contributed by atoms with Crippen LogP contribution in [-0.2, 0) is 11.3 Å². The highest BCUT2D eigenvalue weighted by molar-refractivity contribution is 6.31. The van der Waals surface area contributed by atoms with E-state index in [1.165, 1.54) is 0 Å². The fourth-order valence-electron chi connectivity index (χ4n) is 2.08. The van der Waals surface area contributed by atoms with Gasteiger partial charge in [0.2, 0.25) is 0 Å². The number of hydrogen-bond donors (Lipinski definition) is 0. The molecule has 2 aromatic rings. The lowest BCUT2D eigenvalue weighted by Crippen LogP contribution is -2.29. The highest BCUT2D eigenvalue weighted by Crippen LogP contribution is 2.27. The minimum Gasteiger partial charge on any atom is -0.453 e. The second-order valence-corrected chi connectivity index (χ2v) is 5.22. The summed E-state index contributed by atoms with van der Waals surface area (Å²) in [7, 11) is 3.31. The van der Waals surface area contributed by atoms with Gasteiger partial charge in [-0.3, -0.25) is 4.79 Å². The van der Waals surface area contributed by atoms with Crippen LogP contribution in [0, 0.1) is 0 Å². The van der Waals surface area contributed by atoms with Crippen LogP contribution >= 0.6 is 11.6 Å². The lowest BCUT2D eigenvalue weighted by Gasteiger charge is -2.25. The lowest BCUT2D eigenvalue weighted by molar-refractivity contribution is 0.0703. The van der Waals surface area contributed by atoms with E-state index in [1.807, 2.05) is 31.2 Å². The summed E-state index contributed by atoms with van der Waals surface area (Å²) in [6, 6.07) is 10.7. The molecule has 5 heteroatoms. The molecule has 1 atom stereocenters. The Morgan fingerprint density at radius 3 is 2.71 bits per heavy atom. The number of furan rings is 1. The van der Waals surface area contributed by atoms with E-state index >= 15 is 0 Å². The van der Waals surface area contributed by atoms with Crippen molar-refractivity contribution in [1.29, 1.82) is 0 Å². The fourth-order valence-corrected chi connectivity index (χ4v) is 2.38. The molecular weight excluding hydrogens is 290 g/mol. The third kappa shape index (κ3) is 3.46. The monoisotopic (exact) mass is 307 g/mol. The van der Waals surface area contributed by atoms with E-state index in [0.29, 0.717) is 23.2 Å². The first kappa shape index (κ1) is 15.6. The summed E-state index contributed by atoms with van der Waals surface area (Å²) in [5.74, 6) is 0.730. The van der Waals surface area contributed by atoms with Crippen LogP contribution in [0.3, 0.4) is 0 Å².